The predicted molar refractivity (Wildman–Crippen MR) is 131 cm³/mol. The maximum atomic E-state index is 13.3. The highest BCUT2D eigenvalue weighted by molar-refractivity contribution is 6.39. The summed E-state index contributed by atoms with van der Waals surface area (Å²) in [6, 6.07) is 10.9. The molecule has 0 saturated carbocycles. The summed E-state index contributed by atoms with van der Waals surface area (Å²) in [6.45, 7) is 2.86. The van der Waals surface area contributed by atoms with Crippen LogP contribution in [0.5, 0.6) is 5.75 Å². The van der Waals surface area contributed by atoms with Crippen LogP contribution in [0.3, 0.4) is 0 Å². The molecule has 2 aliphatic heterocycles. The lowest BCUT2D eigenvalue weighted by Gasteiger charge is -2.42. The van der Waals surface area contributed by atoms with Gasteiger partial charge in [0.05, 0.1) is 22.2 Å². The van der Waals surface area contributed by atoms with Gasteiger partial charge >= 0.3 is 0 Å². The Kier molecular flexibility index (Phi) is 7.99. The second-order valence-corrected chi connectivity index (χ2v) is 10.1. The fourth-order valence-electron chi connectivity index (χ4n) is 4.76. The fraction of sp³-hybridized carbons (Fsp3) is 0.462. The SMILES string of the molecule is O=C(CC1(COc2ccc(F)cc2)CCN(C(=O)c2c(Cl)cccc2Cl)CC1)N1CCCCC1. The van der Waals surface area contributed by atoms with E-state index in [4.69, 9.17) is 27.9 Å². The van der Waals surface area contributed by atoms with Crippen LogP contribution in [0, 0.1) is 11.2 Å². The summed E-state index contributed by atoms with van der Waals surface area (Å²) in [5, 5.41) is 0.656. The summed E-state index contributed by atoms with van der Waals surface area (Å²) in [7, 11) is 0. The number of hydrogen-bond donors (Lipinski definition) is 0. The molecule has 2 aliphatic rings. The molecule has 2 saturated heterocycles. The van der Waals surface area contributed by atoms with Gasteiger partial charge in [0.1, 0.15) is 11.6 Å². The van der Waals surface area contributed by atoms with E-state index in [9.17, 15) is 14.0 Å². The number of benzene rings is 2. The number of carbonyl (C=O) groups excluding carboxylic acids is 2. The molecular formula is C26H29Cl2FN2O3. The molecule has 0 unspecified atom stereocenters. The van der Waals surface area contributed by atoms with E-state index in [1.165, 1.54) is 12.1 Å². The monoisotopic (exact) mass is 506 g/mol. The van der Waals surface area contributed by atoms with Gasteiger partial charge in [0, 0.05) is 38.0 Å². The number of likely N-dealkylation sites (tertiary alicyclic amines) is 2. The highest BCUT2D eigenvalue weighted by atomic mass is 35.5. The first-order valence-electron chi connectivity index (χ1n) is 11.8. The van der Waals surface area contributed by atoms with Crippen LogP contribution in [0.4, 0.5) is 4.39 Å². The van der Waals surface area contributed by atoms with E-state index in [1.54, 1.807) is 35.2 Å². The second kappa shape index (κ2) is 11.0. The van der Waals surface area contributed by atoms with Crippen LogP contribution in [0.1, 0.15) is 48.9 Å². The number of halogens is 3. The van der Waals surface area contributed by atoms with Crippen LogP contribution >= 0.6 is 23.2 Å². The Hall–Kier alpha value is -2.31. The lowest BCUT2D eigenvalue weighted by molar-refractivity contribution is -0.136. The molecule has 2 fully saturated rings. The predicted octanol–water partition coefficient (Wildman–Crippen LogP) is 5.84. The lowest BCUT2D eigenvalue weighted by Crippen LogP contribution is -2.48. The van der Waals surface area contributed by atoms with Crippen molar-refractivity contribution in [1.82, 2.24) is 9.80 Å². The van der Waals surface area contributed by atoms with E-state index in [0.29, 0.717) is 60.3 Å². The van der Waals surface area contributed by atoms with Crippen molar-refractivity contribution in [2.45, 2.75) is 38.5 Å². The number of rotatable bonds is 6. The van der Waals surface area contributed by atoms with Crippen LogP contribution < -0.4 is 4.74 Å². The number of piperidine rings is 2. The number of hydrogen-bond acceptors (Lipinski definition) is 3. The number of amides is 2. The van der Waals surface area contributed by atoms with Gasteiger partial charge in [0.15, 0.2) is 0 Å². The van der Waals surface area contributed by atoms with Crippen molar-refractivity contribution in [3.8, 4) is 5.75 Å². The third kappa shape index (κ3) is 5.84. The topological polar surface area (TPSA) is 49.9 Å². The number of ether oxygens (including phenoxy) is 1. The third-order valence-corrected chi connectivity index (χ3v) is 7.51. The van der Waals surface area contributed by atoms with Crippen LogP contribution in [0.15, 0.2) is 42.5 Å². The molecule has 2 aromatic rings. The molecule has 5 nitrogen and oxygen atoms in total. The fourth-order valence-corrected chi connectivity index (χ4v) is 5.32. The van der Waals surface area contributed by atoms with Crippen molar-refractivity contribution in [2.75, 3.05) is 32.8 Å². The van der Waals surface area contributed by atoms with Crippen LogP contribution in [-0.4, -0.2) is 54.4 Å². The van der Waals surface area contributed by atoms with Gasteiger partial charge in [-0.3, -0.25) is 9.59 Å². The van der Waals surface area contributed by atoms with Crippen molar-refractivity contribution in [3.63, 3.8) is 0 Å². The third-order valence-electron chi connectivity index (χ3n) is 6.88. The molecule has 182 valence electrons. The van der Waals surface area contributed by atoms with E-state index < -0.39 is 5.41 Å². The Balaban J connectivity index is 1.47. The molecule has 8 heteroatoms. The van der Waals surface area contributed by atoms with Crippen molar-refractivity contribution in [3.05, 3.63) is 63.9 Å². The summed E-state index contributed by atoms with van der Waals surface area (Å²) in [5.41, 5.74) is -0.102. The Labute approximate surface area is 209 Å². The van der Waals surface area contributed by atoms with E-state index in [-0.39, 0.29) is 17.6 Å². The van der Waals surface area contributed by atoms with Gasteiger partial charge in [-0.1, -0.05) is 29.3 Å². The first-order chi connectivity index (χ1) is 16.4. The van der Waals surface area contributed by atoms with Gasteiger partial charge in [-0.05, 0) is 68.5 Å². The zero-order valence-electron chi connectivity index (χ0n) is 19.1. The zero-order valence-corrected chi connectivity index (χ0v) is 20.6. The Morgan fingerprint density at radius 1 is 0.882 bits per heavy atom. The molecule has 0 aliphatic carbocycles. The summed E-state index contributed by atoms with van der Waals surface area (Å²) < 4.78 is 19.3. The molecule has 34 heavy (non-hydrogen) atoms. The van der Waals surface area contributed by atoms with E-state index in [2.05, 4.69) is 0 Å². The van der Waals surface area contributed by atoms with Gasteiger partial charge in [-0.25, -0.2) is 4.39 Å². The quantitative estimate of drug-likeness (QED) is 0.494. The lowest BCUT2D eigenvalue weighted by atomic mass is 9.75. The average molecular weight is 507 g/mol. The van der Waals surface area contributed by atoms with Gasteiger partial charge in [0.2, 0.25) is 5.91 Å². The van der Waals surface area contributed by atoms with Crippen molar-refractivity contribution in [1.29, 1.82) is 0 Å². The maximum absolute atomic E-state index is 13.3. The summed E-state index contributed by atoms with van der Waals surface area (Å²) >= 11 is 12.5. The minimum atomic E-state index is -0.413. The molecule has 0 N–H and O–H groups in total. The highest BCUT2D eigenvalue weighted by Crippen LogP contribution is 2.38. The Morgan fingerprint density at radius 2 is 1.50 bits per heavy atom. The minimum absolute atomic E-state index is 0.135. The molecule has 2 aromatic carbocycles. The number of nitrogens with zero attached hydrogens (tertiary/aromatic N) is 2. The molecule has 0 radical (unpaired) electrons. The van der Waals surface area contributed by atoms with Crippen LogP contribution in [0.2, 0.25) is 10.0 Å². The standard InChI is InChI=1S/C26H29Cl2FN2O3/c27-21-5-4-6-22(28)24(21)25(33)31-15-11-26(12-16-31,17-23(32)30-13-2-1-3-14-30)18-34-20-9-7-19(29)8-10-20/h4-10H,1-3,11-18H2. The normalized spacial score (nSPS) is 18.0. The van der Waals surface area contributed by atoms with E-state index in [0.717, 1.165) is 32.4 Å². The molecule has 0 bridgehead atoms. The van der Waals surface area contributed by atoms with Gasteiger partial charge in [-0.15, -0.1) is 0 Å². The van der Waals surface area contributed by atoms with Gasteiger partial charge in [0.25, 0.3) is 5.91 Å². The first-order valence-corrected chi connectivity index (χ1v) is 12.5. The molecule has 2 heterocycles. The molecule has 0 spiro atoms. The minimum Gasteiger partial charge on any atom is -0.493 e. The zero-order chi connectivity index (χ0) is 24.1. The maximum Gasteiger partial charge on any atom is 0.256 e. The van der Waals surface area contributed by atoms with Crippen LogP contribution in [-0.2, 0) is 4.79 Å². The smallest absolute Gasteiger partial charge is 0.256 e. The summed E-state index contributed by atoms with van der Waals surface area (Å²) in [5.74, 6) is 0.169. The van der Waals surface area contributed by atoms with Crippen molar-refractivity contribution >= 4 is 35.0 Å². The van der Waals surface area contributed by atoms with Gasteiger partial charge < -0.3 is 14.5 Å². The number of carbonyl (C=O) groups is 2. The largest absolute Gasteiger partial charge is 0.493 e. The van der Waals surface area contributed by atoms with Crippen LogP contribution in [0.25, 0.3) is 0 Å². The molecule has 4 rings (SSSR count). The summed E-state index contributed by atoms with van der Waals surface area (Å²) in [4.78, 5) is 30.0. The average Bonchev–Trinajstić information content (AvgIpc) is 2.84. The van der Waals surface area contributed by atoms with Gasteiger partial charge in [-0.2, -0.15) is 0 Å². The van der Waals surface area contributed by atoms with E-state index in [1.807, 2.05) is 4.90 Å². The van der Waals surface area contributed by atoms with Crippen molar-refractivity contribution < 1.29 is 18.7 Å². The molecule has 2 amide bonds. The molecular weight excluding hydrogens is 478 g/mol. The highest BCUT2D eigenvalue weighted by Gasteiger charge is 2.40. The Bertz CT molecular complexity index is 997. The summed E-state index contributed by atoms with van der Waals surface area (Å²) in [6.07, 6.45) is 4.81. The first kappa shape index (κ1) is 24.8. The molecule has 0 atom stereocenters. The van der Waals surface area contributed by atoms with E-state index >= 15 is 0 Å². The Morgan fingerprint density at radius 3 is 2.12 bits per heavy atom. The molecule has 0 aromatic heterocycles. The van der Waals surface area contributed by atoms with Crippen molar-refractivity contribution in [2.24, 2.45) is 5.41 Å². The second-order valence-electron chi connectivity index (χ2n) is 9.25.